The fourth-order valence-electron chi connectivity index (χ4n) is 4.80. The standard InChI is InChI=1S/C32H38ClN3O6S/c1-3-5-16-34-32(38)28(20-24-10-7-6-8-11-24)35(22-25-12-9-13-26(33)19-25)31(37)23-36(43(39,40)4-2)27-14-15-29-30(21-27)42-18-17-41-29/h6-15,19,21,28H,3-5,16-18,20,22-23H2,1-2H3,(H,34,38)/t28-/m1/s1. The highest BCUT2D eigenvalue weighted by molar-refractivity contribution is 7.92. The number of nitrogens with one attached hydrogen (secondary N) is 1. The number of halogens is 1. The molecule has 43 heavy (non-hydrogen) atoms. The second-order valence-electron chi connectivity index (χ2n) is 10.2. The van der Waals surface area contributed by atoms with Gasteiger partial charge < -0.3 is 19.7 Å². The van der Waals surface area contributed by atoms with Crippen molar-refractivity contribution >= 4 is 39.1 Å². The van der Waals surface area contributed by atoms with E-state index >= 15 is 0 Å². The maximum Gasteiger partial charge on any atom is 0.244 e. The molecule has 4 rings (SSSR count). The normalized spacial score (nSPS) is 13.2. The quantitative estimate of drug-likeness (QED) is 0.257. The van der Waals surface area contributed by atoms with E-state index < -0.39 is 28.5 Å². The third-order valence-electron chi connectivity index (χ3n) is 7.14. The minimum atomic E-state index is -3.90. The molecule has 3 aromatic carbocycles. The van der Waals surface area contributed by atoms with Crippen molar-refractivity contribution in [2.75, 3.05) is 36.4 Å². The zero-order chi connectivity index (χ0) is 30.8. The van der Waals surface area contributed by atoms with Crippen LogP contribution in [0.25, 0.3) is 0 Å². The van der Waals surface area contributed by atoms with Crippen LogP contribution in [0.3, 0.4) is 0 Å². The molecule has 1 aliphatic rings. The Morgan fingerprint density at radius 2 is 1.65 bits per heavy atom. The molecule has 1 aliphatic heterocycles. The molecular formula is C32H38ClN3O6S. The van der Waals surface area contributed by atoms with Crippen molar-refractivity contribution in [1.82, 2.24) is 10.2 Å². The summed E-state index contributed by atoms with van der Waals surface area (Å²) in [5.41, 5.74) is 1.85. The van der Waals surface area contributed by atoms with E-state index in [1.165, 1.54) is 11.8 Å². The van der Waals surface area contributed by atoms with Gasteiger partial charge in [-0.15, -0.1) is 0 Å². The van der Waals surface area contributed by atoms with Gasteiger partial charge >= 0.3 is 0 Å². The molecule has 230 valence electrons. The largest absolute Gasteiger partial charge is 0.486 e. The first-order valence-electron chi connectivity index (χ1n) is 14.5. The lowest BCUT2D eigenvalue weighted by molar-refractivity contribution is -0.140. The van der Waals surface area contributed by atoms with Crippen LogP contribution in [0.5, 0.6) is 11.5 Å². The number of nitrogens with zero attached hydrogens (tertiary/aromatic N) is 2. The number of hydrogen-bond acceptors (Lipinski definition) is 6. The molecule has 11 heteroatoms. The van der Waals surface area contributed by atoms with Crippen LogP contribution in [0.2, 0.25) is 5.02 Å². The van der Waals surface area contributed by atoms with Gasteiger partial charge in [-0.05, 0) is 48.7 Å². The number of carbonyl (C=O) groups is 2. The highest BCUT2D eigenvalue weighted by Crippen LogP contribution is 2.35. The number of sulfonamides is 1. The summed E-state index contributed by atoms with van der Waals surface area (Å²) < 4.78 is 39.1. The van der Waals surface area contributed by atoms with Gasteiger partial charge in [0.15, 0.2) is 11.5 Å². The second kappa shape index (κ2) is 15.1. The number of carbonyl (C=O) groups excluding carboxylic acids is 2. The summed E-state index contributed by atoms with van der Waals surface area (Å²) in [7, 11) is -3.90. The number of amides is 2. The van der Waals surface area contributed by atoms with Crippen molar-refractivity contribution in [3.8, 4) is 11.5 Å². The van der Waals surface area contributed by atoms with Crippen LogP contribution >= 0.6 is 11.6 Å². The van der Waals surface area contributed by atoms with Crippen molar-refractivity contribution in [3.63, 3.8) is 0 Å². The van der Waals surface area contributed by atoms with Gasteiger partial charge in [-0.25, -0.2) is 8.42 Å². The Hall–Kier alpha value is -3.76. The van der Waals surface area contributed by atoms with Crippen molar-refractivity contribution < 1.29 is 27.5 Å². The van der Waals surface area contributed by atoms with Gasteiger partial charge in [0, 0.05) is 30.6 Å². The third-order valence-corrected chi connectivity index (χ3v) is 9.11. The van der Waals surface area contributed by atoms with E-state index in [0.717, 1.165) is 22.7 Å². The molecule has 3 aromatic rings. The lowest BCUT2D eigenvalue weighted by Crippen LogP contribution is -2.53. The number of unbranched alkanes of at least 4 members (excludes halogenated alkanes) is 1. The first kappa shape index (κ1) is 32.2. The van der Waals surface area contributed by atoms with Crippen molar-refractivity contribution in [2.45, 2.75) is 45.7 Å². The van der Waals surface area contributed by atoms with E-state index in [1.54, 1.807) is 36.4 Å². The van der Waals surface area contributed by atoms with E-state index in [1.807, 2.05) is 43.3 Å². The molecule has 9 nitrogen and oxygen atoms in total. The van der Waals surface area contributed by atoms with E-state index in [2.05, 4.69) is 5.32 Å². The molecular weight excluding hydrogens is 590 g/mol. The SMILES string of the molecule is CCCCNC(=O)[C@@H](Cc1ccccc1)N(Cc1cccc(Cl)c1)C(=O)CN(c1ccc2c(c1)OCCO2)S(=O)(=O)CC. The first-order chi connectivity index (χ1) is 20.7. The Bertz CT molecular complexity index is 1500. The van der Waals surface area contributed by atoms with E-state index in [-0.39, 0.29) is 30.3 Å². The van der Waals surface area contributed by atoms with Crippen molar-refractivity contribution in [2.24, 2.45) is 0 Å². The topological polar surface area (TPSA) is 105 Å². The van der Waals surface area contributed by atoms with E-state index in [9.17, 15) is 18.0 Å². The Kier molecular flexibility index (Phi) is 11.3. The summed E-state index contributed by atoms with van der Waals surface area (Å²) >= 11 is 6.27. The molecule has 0 aliphatic carbocycles. The third kappa shape index (κ3) is 8.64. The van der Waals surface area contributed by atoms with E-state index in [4.69, 9.17) is 21.1 Å². The lowest BCUT2D eigenvalue weighted by Gasteiger charge is -2.34. The molecule has 0 unspecified atom stereocenters. The highest BCUT2D eigenvalue weighted by atomic mass is 35.5. The van der Waals surface area contributed by atoms with Crippen LogP contribution < -0.4 is 19.1 Å². The average Bonchev–Trinajstić information content (AvgIpc) is 3.01. The molecule has 0 fully saturated rings. The van der Waals surface area contributed by atoms with Crippen LogP contribution in [0.15, 0.2) is 72.8 Å². The predicted octanol–water partition coefficient (Wildman–Crippen LogP) is 4.82. The molecule has 0 spiro atoms. The van der Waals surface area contributed by atoms with Gasteiger partial charge in [0.05, 0.1) is 11.4 Å². The smallest absolute Gasteiger partial charge is 0.244 e. The molecule has 1 N–H and O–H groups in total. The summed E-state index contributed by atoms with van der Waals surface area (Å²) in [6, 6.07) is 20.4. The Morgan fingerprint density at radius 3 is 2.35 bits per heavy atom. The van der Waals surface area contributed by atoms with Gasteiger partial charge in [0.25, 0.3) is 0 Å². The van der Waals surface area contributed by atoms with Gasteiger partial charge in [-0.1, -0.05) is 67.4 Å². The molecule has 0 bridgehead atoms. The molecule has 1 atom stereocenters. The number of benzene rings is 3. The van der Waals surface area contributed by atoms with E-state index in [0.29, 0.717) is 41.8 Å². The molecule has 0 saturated carbocycles. The molecule has 0 aromatic heterocycles. The van der Waals surface area contributed by atoms with Crippen molar-refractivity contribution in [1.29, 1.82) is 0 Å². The Balaban J connectivity index is 1.73. The van der Waals surface area contributed by atoms with Gasteiger partial charge in [-0.2, -0.15) is 0 Å². The maximum absolute atomic E-state index is 14.3. The molecule has 0 saturated heterocycles. The van der Waals surface area contributed by atoms with Gasteiger partial charge in [0.2, 0.25) is 21.8 Å². The zero-order valence-corrected chi connectivity index (χ0v) is 26.1. The van der Waals surface area contributed by atoms with Crippen LogP contribution in [-0.2, 0) is 32.6 Å². The lowest BCUT2D eigenvalue weighted by atomic mass is 10.0. The summed E-state index contributed by atoms with van der Waals surface area (Å²) in [5, 5.41) is 3.47. The first-order valence-corrected chi connectivity index (χ1v) is 16.5. The fraction of sp³-hybridized carbons (Fsp3) is 0.375. The minimum absolute atomic E-state index is 0.0548. The number of rotatable bonds is 14. The molecule has 2 amide bonds. The zero-order valence-electron chi connectivity index (χ0n) is 24.5. The number of ether oxygens (including phenoxy) is 2. The monoisotopic (exact) mass is 627 g/mol. The van der Waals surface area contributed by atoms with Crippen molar-refractivity contribution in [3.05, 3.63) is 88.9 Å². The van der Waals surface area contributed by atoms with Crippen LogP contribution in [0.4, 0.5) is 5.69 Å². The predicted molar refractivity (Wildman–Crippen MR) is 168 cm³/mol. The van der Waals surface area contributed by atoms with Crippen LogP contribution in [0, 0.1) is 0 Å². The number of anilines is 1. The minimum Gasteiger partial charge on any atom is -0.486 e. The average molecular weight is 628 g/mol. The number of hydrogen-bond donors (Lipinski definition) is 1. The summed E-state index contributed by atoms with van der Waals surface area (Å²) in [6.07, 6.45) is 1.93. The Morgan fingerprint density at radius 1 is 0.930 bits per heavy atom. The summed E-state index contributed by atoms with van der Waals surface area (Å²) in [4.78, 5) is 29.4. The Labute approximate surface area is 258 Å². The summed E-state index contributed by atoms with van der Waals surface area (Å²) in [5.74, 6) is -0.158. The molecule has 1 heterocycles. The fourth-order valence-corrected chi connectivity index (χ4v) is 6.07. The van der Waals surface area contributed by atoms with Crippen LogP contribution in [0.1, 0.15) is 37.8 Å². The highest BCUT2D eigenvalue weighted by Gasteiger charge is 2.34. The van der Waals surface area contributed by atoms with Gasteiger partial charge in [0.1, 0.15) is 25.8 Å². The summed E-state index contributed by atoms with van der Waals surface area (Å²) in [6.45, 7) is 4.29. The van der Waals surface area contributed by atoms with Crippen LogP contribution in [-0.4, -0.2) is 63.2 Å². The number of fused-ring (bicyclic) bond motifs is 1. The molecule has 0 radical (unpaired) electrons. The van der Waals surface area contributed by atoms with Gasteiger partial charge in [-0.3, -0.25) is 13.9 Å². The second-order valence-corrected chi connectivity index (χ2v) is 12.9. The maximum atomic E-state index is 14.3.